The summed E-state index contributed by atoms with van der Waals surface area (Å²) in [4.78, 5) is 0. The number of anilines is 1. The minimum absolute atomic E-state index is 0.184. The first kappa shape index (κ1) is 14.4. The van der Waals surface area contributed by atoms with Gasteiger partial charge in [-0.05, 0) is 12.5 Å². The minimum atomic E-state index is -3.78. The molecule has 108 valence electrons. The molecule has 2 N–H and O–H groups in total. The second kappa shape index (κ2) is 5.58. The molecule has 0 radical (unpaired) electrons. The van der Waals surface area contributed by atoms with Gasteiger partial charge < -0.3 is 0 Å². The molecule has 0 aliphatic carbocycles. The van der Waals surface area contributed by atoms with E-state index in [0.717, 1.165) is 0 Å². The fraction of sp³-hybridized carbons (Fsp3) is 0.250. The number of hydrogen-bond acceptors (Lipinski definition) is 3. The quantitative estimate of drug-likeness (QED) is 0.891. The molecule has 0 atom stereocenters. The van der Waals surface area contributed by atoms with Crippen LogP contribution in [0.3, 0.4) is 0 Å². The van der Waals surface area contributed by atoms with E-state index in [1.807, 2.05) is 0 Å². The molecule has 8 heteroatoms. The van der Waals surface area contributed by atoms with Crippen LogP contribution in [0.4, 0.5) is 14.5 Å². The van der Waals surface area contributed by atoms with Crippen molar-refractivity contribution in [1.82, 2.24) is 10.2 Å². The van der Waals surface area contributed by atoms with Crippen LogP contribution < -0.4 is 4.72 Å². The van der Waals surface area contributed by atoms with Crippen molar-refractivity contribution in [3.05, 3.63) is 47.3 Å². The van der Waals surface area contributed by atoms with Gasteiger partial charge in [0.25, 0.3) is 6.43 Å². The molecule has 0 saturated carbocycles. The number of hydrogen-bond donors (Lipinski definition) is 2. The summed E-state index contributed by atoms with van der Waals surface area (Å²) >= 11 is 0. The molecule has 0 saturated heterocycles. The Hall–Kier alpha value is -1.96. The summed E-state index contributed by atoms with van der Waals surface area (Å²) in [5.41, 5.74) is 0.0340. The van der Waals surface area contributed by atoms with Crippen molar-refractivity contribution in [1.29, 1.82) is 0 Å². The largest absolute Gasteiger partial charge is 0.284 e. The Balaban J connectivity index is 2.23. The fourth-order valence-corrected chi connectivity index (χ4v) is 2.99. The first-order valence-electron chi connectivity index (χ1n) is 5.76. The van der Waals surface area contributed by atoms with Crippen LogP contribution in [0.25, 0.3) is 0 Å². The Labute approximate surface area is 115 Å². The smallest absolute Gasteiger partial charge is 0.280 e. The maximum Gasteiger partial charge on any atom is 0.284 e. The number of aromatic amines is 1. The SMILES string of the molecule is Cc1[nH]nc(C(F)F)c1NS(=O)(=O)Cc1ccccc1. The van der Waals surface area contributed by atoms with Crippen LogP contribution in [0.5, 0.6) is 0 Å². The molecule has 1 heterocycles. The first-order chi connectivity index (χ1) is 9.39. The first-order valence-corrected chi connectivity index (χ1v) is 7.41. The molecular formula is C12H13F2N3O2S. The second-order valence-corrected chi connectivity index (χ2v) is 5.98. The van der Waals surface area contributed by atoms with Gasteiger partial charge in [0.05, 0.1) is 17.1 Å². The van der Waals surface area contributed by atoms with Gasteiger partial charge in [-0.15, -0.1) is 0 Å². The van der Waals surface area contributed by atoms with Gasteiger partial charge in [0.2, 0.25) is 10.0 Å². The van der Waals surface area contributed by atoms with Crippen molar-refractivity contribution in [3.63, 3.8) is 0 Å². The number of sulfonamides is 1. The highest BCUT2D eigenvalue weighted by atomic mass is 32.2. The molecule has 0 unspecified atom stereocenters. The molecule has 1 aromatic heterocycles. The van der Waals surface area contributed by atoms with Crippen molar-refractivity contribution in [2.75, 3.05) is 4.72 Å². The van der Waals surface area contributed by atoms with Crippen LogP contribution in [-0.2, 0) is 15.8 Å². The molecule has 2 aromatic rings. The van der Waals surface area contributed by atoms with E-state index in [4.69, 9.17) is 0 Å². The molecule has 0 bridgehead atoms. The van der Waals surface area contributed by atoms with Gasteiger partial charge in [0.15, 0.2) is 5.69 Å². The van der Waals surface area contributed by atoms with Crippen molar-refractivity contribution < 1.29 is 17.2 Å². The van der Waals surface area contributed by atoms with Gasteiger partial charge in [0.1, 0.15) is 0 Å². The Morgan fingerprint density at radius 3 is 2.55 bits per heavy atom. The summed E-state index contributed by atoms with van der Waals surface area (Å²) in [5, 5.41) is 5.75. The van der Waals surface area contributed by atoms with Gasteiger partial charge in [-0.25, -0.2) is 17.2 Å². The zero-order chi connectivity index (χ0) is 14.8. The standard InChI is InChI=1S/C12H13F2N3O2S/c1-8-10(11(12(13)14)16-15-8)17-20(18,19)7-9-5-3-2-4-6-9/h2-6,12,17H,7H2,1H3,(H,15,16). The van der Waals surface area contributed by atoms with E-state index in [2.05, 4.69) is 14.9 Å². The fourth-order valence-electron chi connectivity index (χ4n) is 1.72. The summed E-state index contributed by atoms with van der Waals surface area (Å²) in [6, 6.07) is 8.47. The lowest BCUT2D eigenvalue weighted by molar-refractivity contribution is 0.147. The summed E-state index contributed by atoms with van der Waals surface area (Å²) in [6.45, 7) is 1.47. The lowest BCUT2D eigenvalue weighted by atomic mass is 10.2. The van der Waals surface area contributed by atoms with E-state index in [9.17, 15) is 17.2 Å². The summed E-state index contributed by atoms with van der Waals surface area (Å²) in [6.07, 6.45) is -2.85. The van der Waals surface area contributed by atoms with Gasteiger partial charge >= 0.3 is 0 Å². The van der Waals surface area contributed by atoms with E-state index in [-0.39, 0.29) is 17.1 Å². The van der Waals surface area contributed by atoms with Gasteiger partial charge in [-0.3, -0.25) is 9.82 Å². The highest BCUT2D eigenvalue weighted by molar-refractivity contribution is 7.91. The van der Waals surface area contributed by atoms with Gasteiger partial charge in [-0.1, -0.05) is 30.3 Å². The molecular weight excluding hydrogens is 288 g/mol. The summed E-state index contributed by atoms with van der Waals surface area (Å²) in [5.74, 6) is -0.291. The van der Waals surface area contributed by atoms with Crippen LogP contribution in [0.2, 0.25) is 0 Å². The number of nitrogens with one attached hydrogen (secondary N) is 2. The van der Waals surface area contributed by atoms with Crippen LogP contribution >= 0.6 is 0 Å². The molecule has 0 spiro atoms. The monoisotopic (exact) mass is 301 g/mol. The molecule has 0 amide bonds. The molecule has 1 aromatic carbocycles. The summed E-state index contributed by atoms with van der Waals surface area (Å²) in [7, 11) is -3.78. The van der Waals surface area contributed by atoms with Crippen molar-refractivity contribution in [2.45, 2.75) is 19.1 Å². The van der Waals surface area contributed by atoms with E-state index < -0.39 is 22.1 Å². The summed E-state index contributed by atoms with van der Waals surface area (Å²) < 4.78 is 51.6. The van der Waals surface area contributed by atoms with E-state index in [0.29, 0.717) is 5.56 Å². The number of aryl methyl sites for hydroxylation is 1. The average molecular weight is 301 g/mol. The predicted molar refractivity (Wildman–Crippen MR) is 71.0 cm³/mol. The maximum absolute atomic E-state index is 12.7. The highest BCUT2D eigenvalue weighted by Crippen LogP contribution is 2.28. The van der Waals surface area contributed by atoms with Gasteiger partial charge in [0, 0.05) is 0 Å². The minimum Gasteiger partial charge on any atom is -0.280 e. The number of rotatable bonds is 5. The van der Waals surface area contributed by atoms with E-state index in [1.165, 1.54) is 6.92 Å². The third-order valence-corrected chi connectivity index (χ3v) is 3.87. The Bertz CT molecular complexity index is 684. The predicted octanol–water partition coefficient (Wildman–Crippen LogP) is 2.60. The molecule has 2 rings (SSSR count). The van der Waals surface area contributed by atoms with Crippen LogP contribution in [0.15, 0.2) is 30.3 Å². The normalized spacial score (nSPS) is 11.8. The number of alkyl halides is 2. The topological polar surface area (TPSA) is 74.8 Å². The lowest BCUT2D eigenvalue weighted by Crippen LogP contribution is -2.16. The lowest BCUT2D eigenvalue weighted by Gasteiger charge is -2.09. The Kier molecular flexibility index (Phi) is 4.03. The molecule has 5 nitrogen and oxygen atoms in total. The Morgan fingerprint density at radius 2 is 1.95 bits per heavy atom. The maximum atomic E-state index is 12.7. The number of H-pyrrole nitrogens is 1. The van der Waals surface area contributed by atoms with Crippen LogP contribution in [0, 0.1) is 6.92 Å². The third kappa shape index (κ3) is 3.32. The van der Waals surface area contributed by atoms with Crippen molar-refractivity contribution >= 4 is 15.7 Å². The molecule has 0 fully saturated rings. The number of halogens is 2. The molecule has 20 heavy (non-hydrogen) atoms. The van der Waals surface area contributed by atoms with Gasteiger partial charge in [-0.2, -0.15) is 5.10 Å². The second-order valence-electron chi connectivity index (χ2n) is 4.26. The third-order valence-electron chi connectivity index (χ3n) is 2.64. The van der Waals surface area contributed by atoms with Crippen molar-refractivity contribution in [2.24, 2.45) is 0 Å². The number of nitrogens with zero attached hydrogens (tertiary/aromatic N) is 1. The van der Waals surface area contributed by atoms with Crippen LogP contribution in [-0.4, -0.2) is 18.6 Å². The molecule has 0 aliphatic rings. The molecule has 0 aliphatic heterocycles. The number of benzene rings is 1. The van der Waals surface area contributed by atoms with Crippen molar-refractivity contribution in [3.8, 4) is 0 Å². The van der Waals surface area contributed by atoms with E-state index >= 15 is 0 Å². The number of aromatic nitrogens is 2. The van der Waals surface area contributed by atoms with Crippen LogP contribution in [0.1, 0.15) is 23.4 Å². The zero-order valence-electron chi connectivity index (χ0n) is 10.6. The highest BCUT2D eigenvalue weighted by Gasteiger charge is 2.23. The van der Waals surface area contributed by atoms with E-state index in [1.54, 1.807) is 30.3 Å². The zero-order valence-corrected chi connectivity index (χ0v) is 11.4. The average Bonchev–Trinajstić information content (AvgIpc) is 2.71. The Morgan fingerprint density at radius 1 is 1.30 bits per heavy atom.